The molecule has 0 amide bonds. The van der Waals surface area contributed by atoms with E-state index in [1.807, 2.05) is 0 Å². The second kappa shape index (κ2) is 4.16. The smallest absolute Gasteiger partial charge is 0.0479 e. The van der Waals surface area contributed by atoms with Crippen LogP contribution in [-0.4, -0.2) is 6.54 Å². The van der Waals surface area contributed by atoms with Crippen molar-refractivity contribution < 1.29 is 0 Å². The first kappa shape index (κ1) is 11.3. The summed E-state index contributed by atoms with van der Waals surface area (Å²) in [6.07, 6.45) is 1.06. The highest BCUT2D eigenvalue weighted by molar-refractivity contribution is 5.77. The van der Waals surface area contributed by atoms with Crippen molar-refractivity contribution in [3.05, 3.63) is 58.7 Å². The topological polar surface area (TPSA) is 3.24 Å². The third-order valence-corrected chi connectivity index (χ3v) is 4.03. The molecule has 2 aromatic rings. The van der Waals surface area contributed by atoms with Crippen LogP contribution in [0.2, 0.25) is 0 Å². The van der Waals surface area contributed by atoms with Crippen LogP contribution >= 0.6 is 0 Å². The number of anilines is 2. The fraction of sp³-hybridized carbons (Fsp3) is 0.294. The molecule has 0 spiro atoms. The van der Waals surface area contributed by atoms with E-state index in [-0.39, 0.29) is 0 Å². The van der Waals surface area contributed by atoms with Gasteiger partial charge in [0, 0.05) is 24.3 Å². The maximum atomic E-state index is 2.45. The first-order valence-electron chi connectivity index (χ1n) is 6.67. The third-order valence-electron chi connectivity index (χ3n) is 4.03. The second-order valence-electron chi connectivity index (χ2n) is 5.06. The quantitative estimate of drug-likeness (QED) is 0.712. The molecule has 1 aliphatic heterocycles. The number of hydrogen-bond donors (Lipinski definition) is 0. The summed E-state index contributed by atoms with van der Waals surface area (Å²) >= 11 is 0. The van der Waals surface area contributed by atoms with E-state index >= 15 is 0 Å². The Morgan fingerprint density at radius 3 is 2.56 bits per heavy atom. The minimum absolute atomic E-state index is 1.02. The molecule has 0 radical (unpaired) electrons. The first-order chi connectivity index (χ1) is 8.72. The van der Waals surface area contributed by atoms with Crippen molar-refractivity contribution in [1.82, 2.24) is 0 Å². The summed E-state index contributed by atoms with van der Waals surface area (Å²) in [6.45, 7) is 7.69. The molecule has 3 rings (SSSR count). The van der Waals surface area contributed by atoms with E-state index in [2.05, 4.69) is 62.1 Å². The van der Waals surface area contributed by atoms with Gasteiger partial charge < -0.3 is 4.90 Å². The third kappa shape index (κ3) is 1.54. The summed E-state index contributed by atoms with van der Waals surface area (Å²) in [5, 5.41) is 0. The van der Waals surface area contributed by atoms with E-state index in [1.165, 1.54) is 33.6 Å². The molecule has 0 saturated carbocycles. The van der Waals surface area contributed by atoms with E-state index in [4.69, 9.17) is 0 Å². The van der Waals surface area contributed by atoms with Crippen LogP contribution in [0.4, 0.5) is 11.4 Å². The van der Waals surface area contributed by atoms with Gasteiger partial charge in [0.2, 0.25) is 0 Å². The zero-order valence-corrected chi connectivity index (χ0v) is 11.3. The molecular weight excluding hydrogens is 218 g/mol. The van der Waals surface area contributed by atoms with Crippen LogP contribution in [0, 0.1) is 13.8 Å². The lowest BCUT2D eigenvalue weighted by atomic mass is 9.91. The summed E-state index contributed by atoms with van der Waals surface area (Å²) in [7, 11) is 0. The average molecular weight is 237 g/mol. The Kier molecular flexibility index (Phi) is 2.62. The summed E-state index contributed by atoms with van der Waals surface area (Å²) in [5.41, 5.74) is 8.50. The molecule has 92 valence electrons. The highest BCUT2D eigenvalue weighted by atomic mass is 15.1. The number of rotatable bonds is 1. The molecule has 1 heterocycles. The Labute approximate surface area is 109 Å². The van der Waals surface area contributed by atoms with Crippen molar-refractivity contribution >= 4 is 11.4 Å². The Morgan fingerprint density at radius 2 is 1.78 bits per heavy atom. The van der Waals surface area contributed by atoms with Gasteiger partial charge >= 0.3 is 0 Å². The number of benzene rings is 2. The van der Waals surface area contributed by atoms with Crippen LogP contribution in [0.5, 0.6) is 0 Å². The van der Waals surface area contributed by atoms with Crippen molar-refractivity contribution in [2.24, 2.45) is 0 Å². The molecule has 0 fully saturated rings. The van der Waals surface area contributed by atoms with Gasteiger partial charge in [-0.05, 0) is 49.1 Å². The largest absolute Gasteiger partial charge is 0.341 e. The number of para-hydroxylation sites is 1. The normalized spacial score (nSPS) is 13.2. The molecule has 0 atom stereocenters. The standard InChI is InChI=1S/C17H19N/c1-4-18-16-8-6-5-7-14(16)11-15-10-9-12(2)13(3)17(15)18/h5-10H,4,11H2,1-3H3. The zero-order chi connectivity index (χ0) is 12.7. The monoisotopic (exact) mass is 237 g/mol. The molecule has 0 aromatic heterocycles. The molecule has 2 aromatic carbocycles. The number of hydrogen-bond acceptors (Lipinski definition) is 1. The van der Waals surface area contributed by atoms with E-state index in [0.29, 0.717) is 0 Å². The van der Waals surface area contributed by atoms with Crippen LogP contribution in [0.3, 0.4) is 0 Å². The molecule has 0 N–H and O–H groups in total. The van der Waals surface area contributed by atoms with Crippen molar-refractivity contribution in [2.45, 2.75) is 27.2 Å². The maximum Gasteiger partial charge on any atom is 0.0479 e. The second-order valence-corrected chi connectivity index (χ2v) is 5.06. The van der Waals surface area contributed by atoms with E-state index in [0.717, 1.165) is 13.0 Å². The molecule has 18 heavy (non-hydrogen) atoms. The molecular formula is C17H19N. The van der Waals surface area contributed by atoms with Gasteiger partial charge in [0.1, 0.15) is 0 Å². The first-order valence-corrected chi connectivity index (χ1v) is 6.67. The van der Waals surface area contributed by atoms with Gasteiger partial charge in [0.25, 0.3) is 0 Å². The van der Waals surface area contributed by atoms with Crippen molar-refractivity contribution in [3.8, 4) is 0 Å². The lowest BCUT2D eigenvalue weighted by Gasteiger charge is -2.34. The summed E-state index contributed by atoms with van der Waals surface area (Å²) in [4.78, 5) is 2.45. The van der Waals surface area contributed by atoms with Gasteiger partial charge in [-0.15, -0.1) is 0 Å². The van der Waals surface area contributed by atoms with Crippen LogP contribution in [-0.2, 0) is 6.42 Å². The van der Waals surface area contributed by atoms with E-state index in [9.17, 15) is 0 Å². The number of aryl methyl sites for hydroxylation is 1. The molecule has 1 aliphatic rings. The predicted octanol–water partition coefficient (Wildman–Crippen LogP) is 4.37. The van der Waals surface area contributed by atoms with Crippen LogP contribution < -0.4 is 4.90 Å². The molecule has 0 bridgehead atoms. The molecule has 1 heteroatoms. The minimum Gasteiger partial charge on any atom is -0.341 e. The Morgan fingerprint density at radius 1 is 1.00 bits per heavy atom. The molecule has 1 nitrogen and oxygen atoms in total. The van der Waals surface area contributed by atoms with Crippen molar-refractivity contribution in [2.75, 3.05) is 11.4 Å². The molecule has 0 unspecified atom stereocenters. The Balaban J connectivity index is 2.24. The fourth-order valence-corrected chi connectivity index (χ4v) is 2.95. The Hall–Kier alpha value is -1.76. The van der Waals surface area contributed by atoms with Gasteiger partial charge in [0.15, 0.2) is 0 Å². The highest BCUT2D eigenvalue weighted by Gasteiger charge is 2.23. The lowest BCUT2D eigenvalue weighted by molar-refractivity contribution is 0.950. The lowest BCUT2D eigenvalue weighted by Crippen LogP contribution is -2.24. The highest BCUT2D eigenvalue weighted by Crippen LogP contribution is 2.40. The van der Waals surface area contributed by atoms with Crippen LogP contribution in [0.25, 0.3) is 0 Å². The summed E-state index contributed by atoms with van der Waals surface area (Å²) in [5.74, 6) is 0. The van der Waals surface area contributed by atoms with Gasteiger partial charge in [-0.2, -0.15) is 0 Å². The average Bonchev–Trinajstić information content (AvgIpc) is 2.41. The van der Waals surface area contributed by atoms with Crippen molar-refractivity contribution in [3.63, 3.8) is 0 Å². The fourth-order valence-electron chi connectivity index (χ4n) is 2.95. The SMILES string of the molecule is CCN1c2ccccc2Cc2ccc(C)c(C)c21. The molecule has 0 saturated heterocycles. The summed E-state index contributed by atoms with van der Waals surface area (Å²) in [6, 6.07) is 13.3. The molecule has 0 aliphatic carbocycles. The summed E-state index contributed by atoms with van der Waals surface area (Å²) < 4.78 is 0. The minimum atomic E-state index is 1.02. The van der Waals surface area contributed by atoms with E-state index in [1.54, 1.807) is 0 Å². The zero-order valence-electron chi connectivity index (χ0n) is 11.3. The predicted molar refractivity (Wildman–Crippen MR) is 77.8 cm³/mol. The van der Waals surface area contributed by atoms with Gasteiger partial charge in [-0.3, -0.25) is 0 Å². The van der Waals surface area contributed by atoms with Gasteiger partial charge in [0.05, 0.1) is 0 Å². The van der Waals surface area contributed by atoms with Crippen molar-refractivity contribution in [1.29, 1.82) is 0 Å². The number of fused-ring (bicyclic) bond motifs is 2. The number of nitrogens with zero attached hydrogens (tertiary/aromatic N) is 1. The van der Waals surface area contributed by atoms with E-state index < -0.39 is 0 Å². The van der Waals surface area contributed by atoms with Crippen LogP contribution in [0.15, 0.2) is 36.4 Å². The van der Waals surface area contributed by atoms with Gasteiger partial charge in [-0.1, -0.05) is 30.3 Å². The van der Waals surface area contributed by atoms with Gasteiger partial charge in [-0.25, -0.2) is 0 Å². The van der Waals surface area contributed by atoms with Crippen LogP contribution in [0.1, 0.15) is 29.2 Å². The maximum absolute atomic E-state index is 2.45. The Bertz CT molecular complexity index is 599.